The number of rotatable bonds is 3. The molecule has 0 unspecified atom stereocenters. The fourth-order valence-corrected chi connectivity index (χ4v) is 3.60. The fourth-order valence-electron chi connectivity index (χ4n) is 3.60. The molecule has 0 saturated heterocycles. The Morgan fingerprint density at radius 1 is 1.16 bits per heavy atom. The molecule has 0 radical (unpaired) electrons. The van der Waals surface area contributed by atoms with Crippen molar-refractivity contribution in [3.63, 3.8) is 0 Å². The van der Waals surface area contributed by atoms with Crippen LogP contribution < -0.4 is 15.0 Å². The van der Waals surface area contributed by atoms with Gasteiger partial charge in [-0.25, -0.2) is 19.7 Å². The first kappa shape index (κ1) is 18.9. The highest BCUT2D eigenvalue weighted by Crippen LogP contribution is 2.31. The third kappa shape index (κ3) is 3.85. The second-order valence-corrected chi connectivity index (χ2v) is 7.08. The van der Waals surface area contributed by atoms with Gasteiger partial charge in [-0.3, -0.25) is 5.32 Å². The summed E-state index contributed by atoms with van der Waals surface area (Å²) in [5, 5.41) is 2.55. The van der Waals surface area contributed by atoms with Crippen molar-refractivity contribution >= 4 is 29.0 Å². The normalized spacial score (nSPS) is 13.3. The van der Waals surface area contributed by atoms with Crippen LogP contribution in [0.15, 0.2) is 54.9 Å². The van der Waals surface area contributed by atoms with E-state index in [1.54, 1.807) is 12.4 Å². The summed E-state index contributed by atoms with van der Waals surface area (Å²) in [6.45, 7) is 1.94. The number of hydrogen-bond donors (Lipinski definition) is 2. The number of carbonyl (C=O) groups is 1. The van der Waals surface area contributed by atoms with Gasteiger partial charge in [-0.05, 0) is 41.5 Å². The minimum Gasteiger partial charge on any atom is -0.491 e. The summed E-state index contributed by atoms with van der Waals surface area (Å²) in [6, 6.07) is 13.9. The lowest BCUT2D eigenvalue weighted by molar-refractivity contribution is 0.186. The van der Waals surface area contributed by atoms with E-state index in [-0.39, 0.29) is 0 Å². The summed E-state index contributed by atoms with van der Waals surface area (Å²) in [5.41, 5.74) is 4.71. The first-order valence-electron chi connectivity index (χ1n) is 9.82. The Hall–Kier alpha value is -4.14. The van der Waals surface area contributed by atoms with E-state index in [1.165, 1.54) is 7.11 Å². The topological polar surface area (TPSA) is 105 Å². The Labute approximate surface area is 178 Å². The van der Waals surface area contributed by atoms with Gasteiger partial charge in [0, 0.05) is 24.5 Å². The number of imidazole rings is 1. The van der Waals surface area contributed by atoms with E-state index in [0.29, 0.717) is 31.6 Å². The number of nitrogens with one attached hydrogen (secondary N) is 2. The van der Waals surface area contributed by atoms with Gasteiger partial charge in [0.25, 0.3) is 0 Å². The van der Waals surface area contributed by atoms with Gasteiger partial charge in [0.2, 0.25) is 11.9 Å². The Balaban J connectivity index is 1.45. The maximum absolute atomic E-state index is 11.4. The summed E-state index contributed by atoms with van der Waals surface area (Å²) < 4.78 is 10.6. The highest BCUT2D eigenvalue weighted by atomic mass is 16.5. The minimum atomic E-state index is -0.572. The average molecular weight is 416 g/mol. The van der Waals surface area contributed by atoms with Crippen LogP contribution in [0.5, 0.6) is 5.75 Å². The monoisotopic (exact) mass is 416 g/mol. The molecule has 5 rings (SSSR count). The van der Waals surface area contributed by atoms with Gasteiger partial charge in [-0.15, -0.1) is 0 Å². The summed E-state index contributed by atoms with van der Waals surface area (Å²) in [5.74, 6) is 1.90. The highest BCUT2D eigenvalue weighted by molar-refractivity contribution is 5.88. The van der Waals surface area contributed by atoms with Crippen LogP contribution in [-0.4, -0.2) is 46.3 Å². The van der Waals surface area contributed by atoms with Crippen molar-refractivity contribution in [2.75, 3.05) is 30.5 Å². The average Bonchev–Trinajstić information content (AvgIpc) is 3.07. The van der Waals surface area contributed by atoms with Gasteiger partial charge >= 0.3 is 6.09 Å². The zero-order valence-corrected chi connectivity index (χ0v) is 16.8. The molecule has 0 bridgehead atoms. The van der Waals surface area contributed by atoms with Crippen molar-refractivity contribution in [1.82, 2.24) is 19.9 Å². The van der Waals surface area contributed by atoms with Gasteiger partial charge in [0.05, 0.1) is 24.7 Å². The van der Waals surface area contributed by atoms with Crippen LogP contribution >= 0.6 is 0 Å². The molecule has 0 fully saturated rings. The Kier molecular flexibility index (Phi) is 4.83. The van der Waals surface area contributed by atoms with Crippen LogP contribution in [0.1, 0.15) is 5.56 Å². The number of amides is 1. The molecule has 0 spiro atoms. The summed E-state index contributed by atoms with van der Waals surface area (Å²) in [6.07, 6.45) is 2.92. The lowest BCUT2D eigenvalue weighted by Gasteiger charge is -2.19. The van der Waals surface area contributed by atoms with E-state index in [1.807, 2.05) is 36.4 Å². The molecule has 2 aromatic carbocycles. The number of aromatic nitrogens is 4. The van der Waals surface area contributed by atoms with Crippen molar-refractivity contribution in [1.29, 1.82) is 0 Å². The van der Waals surface area contributed by atoms with Crippen LogP contribution in [0.4, 0.5) is 16.7 Å². The molecule has 9 heteroatoms. The van der Waals surface area contributed by atoms with Crippen LogP contribution in [0, 0.1) is 0 Å². The largest absolute Gasteiger partial charge is 0.491 e. The number of methoxy groups -OCH3 is 1. The molecule has 2 N–H and O–H groups in total. The fraction of sp³-hybridized carbons (Fsp3) is 0.182. The molecule has 4 aromatic rings. The van der Waals surface area contributed by atoms with Crippen molar-refractivity contribution in [2.24, 2.45) is 0 Å². The number of ether oxygens (including phenoxy) is 2. The number of benzene rings is 2. The first-order chi connectivity index (χ1) is 15.2. The SMILES string of the molecule is COC(=O)Nc1nc2ccc(-c3ccc4c(c3)CN(c3ncccn3)CCO4)cc2[nH]1. The molecule has 1 aliphatic heterocycles. The van der Waals surface area contributed by atoms with Crippen molar-refractivity contribution in [3.05, 3.63) is 60.4 Å². The highest BCUT2D eigenvalue weighted by Gasteiger charge is 2.18. The lowest BCUT2D eigenvalue weighted by atomic mass is 10.0. The van der Waals surface area contributed by atoms with Crippen molar-refractivity contribution in [3.8, 4) is 16.9 Å². The van der Waals surface area contributed by atoms with Gasteiger partial charge in [0.1, 0.15) is 12.4 Å². The van der Waals surface area contributed by atoms with E-state index in [4.69, 9.17) is 4.74 Å². The number of anilines is 2. The van der Waals surface area contributed by atoms with Crippen LogP contribution in [-0.2, 0) is 11.3 Å². The molecule has 0 aliphatic carbocycles. The number of H-pyrrole nitrogens is 1. The van der Waals surface area contributed by atoms with Gasteiger partial charge in [0.15, 0.2) is 0 Å². The number of fused-ring (bicyclic) bond motifs is 2. The molecule has 0 atom stereocenters. The molecule has 3 heterocycles. The molecule has 1 aliphatic rings. The zero-order chi connectivity index (χ0) is 21.2. The third-order valence-corrected chi connectivity index (χ3v) is 5.10. The predicted molar refractivity (Wildman–Crippen MR) is 116 cm³/mol. The third-order valence-electron chi connectivity index (χ3n) is 5.10. The number of aromatic amines is 1. The van der Waals surface area contributed by atoms with Crippen molar-refractivity contribution in [2.45, 2.75) is 6.54 Å². The lowest BCUT2D eigenvalue weighted by Crippen LogP contribution is -2.26. The Morgan fingerprint density at radius 3 is 2.81 bits per heavy atom. The maximum Gasteiger partial charge on any atom is 0.413 e. The smallest absolute Gasteiger partial charge is 0.413 e. The predicted octanol–water partition coefficient (Wildman–Crippen LogP) is 3.60. The second-order valence-electron chi connectivity index (χ2n) is 7.08. The van der Waals surface area contributed by atoms with E-state index in [0.717, 1.165) is 33.5 Å². The molecule has 0 saturated carbocycles. The van der Waals surface area contributed by atoms with Crippen LogP contribution in [0.3, 0.4) is 0 Å². The molecule has 9 nitrogen and oxygen atoms in total. The summed E-state index contributed by atoms with van der Waals surface area (Å²) >= 11 is 0. The van der Waals surface area contributed by atoms with E-state index in [9.17, 15) is 4.79 Å². The second kappa shape index (κ2) is 7.94. The Morgan fingerprint density at radius 2 is 1.97 bits per heavy atom. The zero-order valence-electron chi connectivity index (χ0n) is 16.8. The standard InChI is InChI=1S/C22H20N6O3/c1-30-22(29)27-20-25-17-5-3-15(12-18(17)26-20)14-4-6-19-16(11-14)13-28(9-10-31-19)21-23-7-2-8-24-21/h2-8,11-12H,9-10,13H2,1H3,(H2,25,26,27,29). The van der Waals surface area contributed by atoms with Crippen LogP contribution in [0.25, 0.3) is 22.2 Å². The first-order valence-corrected chi connectivity index (χ1v) is 9.82. The Bertz CT molecular complexity index is 1240. The van der Waals surface area contributed by atoms with Gasteiger partial charge < -0.3 is 19.4 Å². The molecule has 1 amide bonds. The summed E-state index contributed by atoms with van der Waals surface area (Å²) in [4.78, 5) is 29.7. The quantitative estimate of drug-likeness (QED) is 0.526. The molecular weight excluding hydrogens is 396 g/mol. The van der Waals surface area contributed by atoms with E-state index >= 15 is 0 Å². The van der Waals surface area contributed by atoms with E-state index < -0.39 is 6.09 Å². The number of nitrogens with zero attached hydrogens (tertiary/aromatic N) is 4. The minimum absolute atomic E-state index is 0.341. The van der Waals surface area contributed by atoms with E-state index in [2.05, 4.69) is 41.0 Å². The molecular formula is C22H20N6O3. The van der Waals surface area contributed by atoms with Crippen LogP contribution in [0.2, 0.25) is 0 Å². The summed E-state index contributed by atoms with van der Waals surface area (Å²) in [7, 11) is 1.31. The number of hydrogen-bond acceptors (Lipinski definition) is 7. The molecule has 2 aromatic heterocycles. The van der Waals surface area contributed by atoms with Crippen molar-refractivity contribution < 1.29 is 14.3 Å². The number of carbonyl (C=O) groups excluding carboxylic acids is 1. The van der Waals surface area contributed by atoms with Gasteiger partial charge in [-0.1, -0.05) is 12.1 Å². The molecule has 156 valence electrons. The van der Waals surface area contributed by atoms with Gasteiger partial charge in [-0.2, -0.15) is 0 Å². The molecule has 31 heavy (non-hydrogen) atoms. The maximum atomic E-state index is 11.4.